The first-order chi connectivity index (χ1) is 22.7. The molecular formula is C35H43N7O5. The van der Waals surface area contributed by atoms with Gasteiger partial charge in [-0.1, -0.05) is 54.6 Å². The van der Waals surface area contributed by atoms with E-state index in [4.69, 9.17) is 20.6 Å². The topological polar surface area (TPSA) is 162 Å². The Morgan fingerprint density at radius 2 is 1.74 bits per heavy atom. The average molecular weight is 642 g/mol. The number of benzene rings is 3. The van der Waals surface area contributed by atoms with E-state index in [0.29, 0.717) is 31.9 Å². The van der Waals surface area contributed by atoms with Crippen LogP contribution in [0.1, 0.15) is 40.6 Å². The van der Waals surface area contributed by atoms with E-state index < -0.39 is 18.0 Å². The molecule has 2 aliphatic rings. The van der Waals surface area contributed by atoms with Gasteiger partial charge in [0.15, 0.2) is 5.96 Å². The molecule has 3 aromatic carbocycles. The second kappa shape index (κ2) is 14.9. The molecule has 6 N–H and O–H groups in total. The average Bonchev–Trinajstić information content (AvgIpc) is 3.55. The number of carbonyl (C=O) groups is 3. The summed E-state index contributed by atoms with van der Waals surface area (Å²) >= 11 is 0. The van der Waals surface area contributed by atoms with Gasteiger partial charge in [-0.25, -0.2) is 4.79 Å². The molecule has 4 atom stereocenters. The molecule has 1 saturated heterocycles. The third kappa shape index (κ3) is 7.59. The monoisotopic (exact) mass is 641 g/mol. The molecule has 0 aromatic heterocycles. The molecule has 1 fully saturated rings. The fraction of sp³-hybridized carbons (Fsp3) is 0.371. The van der Waals surface area contributed by atoms with Crippen molar-refractivity contribution < 1.29 is 23.9 Å². The highest BCUT2D eigenvalue weighted by Crippen LogP contribution is 2.36. The van der Waals surface area contributed by atoms with Gasteiger partial charge in [0.1, 0.15) is 17.5 Å². The van der Waals surface area contributed by atoms with Crippen molar-refractivity contribution in [2.45, 2.75) is 37.4 Å². The number of amides is 4. The van der Waals surface area contributed by atoms with Crippen molar-refractivity contribution in [1.82, 2.24) is 25.8 Å². The second-order valence-electron chi connectivity index (χ2n) is 11.9. The predicted molar refractivity (Wildman–Crippen MR) is 178 cm³/mol. The number of rotatable bonds is 10. The quantitative estimate of drug-likeness (QED) is 0.168. The molecule has 5 rings (SSSR count). The van der Waals surface area contributed by atoms with Crippen LogP contribution in [-0.2, 0) is 22.6 Å². The predicted octanol–water partition coefficient (Wildman–Crippen LogP) is 2.74. The maximum absolute atomic E-state index is 14.4. The smallest absolute Gasteiger partial charge is 0.318 e. The molecule has 47 heavy (non-hydrogen) atoms. The zero-order valence-electron chi connectivity index (χ0n) is 27.0. The Bertz CT molecular complexity index is 1600. The second-order valence-corrected chi connectivity index (χ2v) is 11.9. The van der Waals surface area contributed by atoms with E-state index in [0.717, 1.165) is 28.0 Å². The number of hydrogen-bond acceptors (Lipinski definition) is 6. The van der Waals surface area contributed by atoms with Gasteiger partial charge in [0.2, 0.25) is 11.8 Å². The minimum absolute atomic E-state index is 0.153. The first-order valence-electron chi connectivity index (χ1n) is 15.7. The van der Waals surface area contributed by atoms with Crippen LogP contribution in [0.25, 0.3) is 0 Å². The van der Waals surface area contributed by atoms with E-state index in [1.54, 1.807) is 31.0 Å². The molecule has 3 aromatic rings. The third-order valence-corrected chi connectivity index (χ3v) is 9.08. The Hall–Kier alpha value is -5.26. The lowest BCUT2D eigenvalue weighted by molar-refractivity contribution is -0.132. The summed E-state index contributed by atoms with van der Waals surface area (Å²) in [5.74, 6) is 0.134. The summed E-state index contributed by atoms with van der Waals surface area (Å²) < 4.78 is 11.1. The zero-order chi connectivity index (χ0) is 33.5. The third-order valence-electron chi connectivity index (χ3n) is 9.08. The molecule has 0 bridgehead atoms. The van der Waals surface area contributed by atoms with E-state index in [2.05, 4.69) is 16.0 Å². The van der Waals surface area contributed by atoms with Crippen molar-refractivity contribution in [2.24, 2.45) is 11.7 Å². The first-order valence-corrected chi connectivity index (χ1v) is 15.7. The Morgan fingerprint density at radius 1 is 1.04 bits per heavy atom. The Kier molecular flexibility index (Phi) is 10.5. The van der Waals surface area contributed by atoms with Crippen LogP contribution in [0.5, 0.6) is 11.5 Å². The minimum atomic E-state index is -0.932. The summed E-state index contributed by atoms with van der Waals surface area (Å²) in [5, 5.41) is 16.2. The van der Waals surface area contributed by atoms with Gasteiger partial charge in [-0.2, -0.15) is 0 Å². The Balaban J connectivity index is 1.42. The number of hydrogen-bond donors (Lipinski definition) is 5. The Labute approximate surface area is 275 Å². The number of methoxy groups -OCH3 is 1. The van der Waals surface area contributed by atoms with E-state index in [1.807, 2.05) is 72.8 Å². The van der Waals surface area contributed by atoms with Gasteiger partial charge in [0.25, 0.3) is 0 Å². The molecule has 0 unspecified atom stereocenters. The molecule has 2 heterocycles. The van der Waals surface area contributed by atoms with E-state index >= 15 is 0 Å². The maximum atomic E-state index is 14.4. The molecule has 4 amide bonds. The van der Waals surface area contributed by atoms with Crippen LogP contribution in [0.3, 0.4) is 0 Å². The molecule has 248 valence electrons. The fourth-order valence-corrected chi connectivity index (χ4v) is 6.50. The lowest BCUT2D eigenvalue weighted by atomic mass is 9.88. The lowest BCUT2D eigenvalue weighted by Gasteiger charge is -2.34. The van der Waals surface area contributed by atoms with Crippen LogP contribution in [-0.4, -0.2) is 80.5 Å². The van der Waals surface area contributed by atoms with Gasteiger partial charge in [-0.05, 0) is 34.9 Å². The first kappa shape index (κ1) is 33.1. The van der Waals surface area contributed by atoms with Crippen molar-refractivity contribution in [3.63, 3.8) is 0 Å². The van der Waals surface area contributed by atoms with Gasteiger partial charge in [0, 0.05) is 58.1 Å². The summed E-state index contributed by atoms with van der Waals surface area (Å²) in [7, 11) is 4.92. The van der Waals surface area contributed by atoms with Gasteiger partial charge in [-0.3, -0.25) is 15.0 Å². The molecule has 0 saturated carbocycles. The lowest BCUT2D eigenvalue weighted by Crippen LogP contribution is -2.53. The molecule has 0 aliphatic carbocycles. The number of nitrogens with two attached hydrogens (primary N) is 1. The molecule has 0 spiro atoms. The van der Waals surface area contributed by atoms with Gasteiger partial charge in [-0.15, -0.1) is 0 Å². The van der Waals surface area contributed by atoms with Crippen LogP contribution >= 0.6 is 0 Å². The van der Waals surface area contributed by atoms with Gasteiger partial charge < -0.3 is 41.0 Å². The number of guanidine groups is 1. The van der Waals surface area contributed by atoms with Crippen molar-refractivity contribution in [1.29, 1.82) is 5.41 Å². The number of carbonyl (C=O) groups excluding carboxylic acids is 3. The van der Waals surface area contributed by atoms with Crippen molar-refractivity contribution in [3.8, 4) is 11.5 Å². The van der Waals surface area contributed by atoms with Crippen LogP contribution in [0, 0.1) is 11.3 Å². The van der Waals surface area contributed by atoms with Gasteiger partial charge in [0.05, 0.1) is 25.7 Å². The number of nitrogens with zero attached hydrogens (tertiary/aromatic N) is 2. The highest BCUT2D eigenvalue weighted by Gasteiger charge is 2.42. The molecule has 2 aliphatic heterocycles. The number of fused-ring (bicyclic) bond motifs is 1. The van der Waals surface area contributed by atoms with E-state index in [-0.39, 0.29) is 42.7 Å². The number of para-hydroxylation sites is 1. The van der Waals surface area contributed by atoms with E-state index in [1.165, 1.54) is 0 Å². The normalized spacial score (nSPS) is 19.0. The summed E-state index contributed by atoms with van der Waals surface area (Å²) in [5.41, 5.74) is 9.07. The van der Waals surface area contributed by atoms with Gasteiger partial charge >= 0.3 is 6.03 Å². The summed E-state index contributed by atoms with van der Waals surface area (Å²) in [4.78, 5) is 44.7. The SMILES string of the molecule is CNC(=O)[C@@H]1CN(C(=O)[C@H](Cc2ccccc2CNC(=N)N)NC(=O)N(C)[C@H]2CCOc3ccccc32)C[C@H]1c1ccc(OC)cc1. The summed E-state index contributed by atoms with van der Waals surface area (Å²) in [6.45, 7) is 1.28. The van der Waals surface area contributed by atoms with Crippen molar-refractivity contribution in [2.75, 3.05) is 40.9 Å². The van der Waals surface area contributed by atoms with E-state index in [9.17, 15) is 14.4 Å². The highest BCUT2D eigenvalue weighted by atomic mass is 16.5. The number of likely N-dealkylation sites (tertiary alicyclic amines) is 1. The van der Waals surface area contributed by atoms with Crippen molar-refractivity contribution >= 4 is 23.8 Å². The largest absolute Gasteiger partial charge is 0.497 e. The molecule has 12 heteroatoms. The van der Waals surface area contributed by atoms with Crippen LogP contribution < -0.4 is 31.2 Å². The maximum Gasteiger partial charge on any atom is 0.318 e. The molecular weight excluding hydrogens is 598 g/mol. The number of ether oxygens (including phenoxy) is 2. The minimum Gasteiger partial charge on any atom is -0.497 e. The highest BCUT2D eigenvalue weighted by molar-refractivity contribution is 5.89. The number of urea groups is 1. The standard InChI is InChI=1S/C35H43N7O5/c1-38-32(43)28-21-42(20-27(28)22-12-14-25(46-3)15-13-22)33(44)29(18-23-8-4-5-9-24(23)19-39-34(36)37)40-35(45)41(2)30-16-17-47-31-11-7-6-10-26(30)31/h4-15,27-30H,16-21H2,1-3H3,(H,38,43)(H,40,45)(H4,36,37,39)/t27-,28+,29-,30-/m0/s1. The molecule has 12 nitrogen and oxygen atoms in total. The van der Waals surface area contributed by atoms with Crippen molar-refractivity contribution in [3.05, 3.63) is 95.1 Å². The fourth-order valence-electron chi connectivity index (χ4n) is 6.50. The number of nitrogens with one attached hydrogen (secondary N) is 4. The van der Waals surface area contributed by atoms with Crippen LogP contribution in [0.4, 0.5) is 4.79 Å². The molecule has 0 radical (unpaired) electrons. The van der Waals surface area contributed by atoms with Crippen LogP contribution in [0.2, 0.25) is 0 Å². The zero-order valence-corrected chi connectivity index (χ0v) is 27.0. The Morgan fingerprint density at radius 3 is 2.45 bits per heavy atom. The summed E-state index contributed by atoms with van der Waals surface area (Å²) in [6, 6.07) is 21.2. The van der Waals surface area contributed by atoms with Crippen LogP contribution in [0.15, 0.2) is 72.8 Å². The summed E-state index contributed by atoms with van der Waals surface area (Å²) in [6.07, 6.45) is 0.815.